The topological polar surface area (TPSA) is 89.4 Å². The lowest BCUT2D eigenvalue weighted by Crippen LogP contribution is -2.45. The van der Waals surface area contributed by atoms with Crippen LogP contribution >= 0.6 is 0 Å². The molecule has 26 heavy (non-hydrogen) atoms. The summed E-state index contributed by atoms with van der Waals surface area (Å²) < 4.78 is 7.12. The summed E-state index contributed by atoms with van der Waals surface area (Å²) in [5.41, 5.74) is 1.61. The first-order valence-corrected chi connectivity index (χ1v) is 8.75. The third-order valence-electron chi connectivity index (χ3n) is 4.31. The molecule has 8 heteroatoms. The molecule has 1 aliphatic heterocycles. The molecule has 8 nitrogen and oxygen atoms in total. The largest absolute Gasteiger partial charge is 0.444 e. The van der Waals surface area contributed by atoms with Crippen LogP contribution in [-0.2, 0) is 16.6 Å². The lowest BCUT2D eigenvalue weighted by molar-refractivity contribution is -0.120. The quantitative estimate of drug-likeness (QED) is 0.890. The number of anilines is 1. The average Bonchev–Trinajstić information content (AvgIpc) is 3.12. The Balaban J connectivity index is 1.74. The molecule has 0 saturated carbocycles. The van der Waals surface area contributed by atoms with Crippen LogP contribution in [0.25, 0.3) is 11.0 Å². The van der Waals surface area contributed by atoms with Crippen molar-refractivity contribution in [1.29, 1.82) is 0 Å². The van der Waals surface area contributed by atoms with Gasteiger partial charge in [0, 0.05) is 19.0 Å². The lowest BCUT2D eigenvalue weighted by Gasteiger charge is -2.28. The highest BCUT2D eigenvalue weighted by atomic mass is 16.6. The van der Waals surface area contributed by atoms with Crippen LogP contribution in [0, 0.1) is 6.92 Å². The lowest BCUT2D eigenvalue weighted by atomic mass is 10.2. The van der Waals surface area contributed by atoms with Gasteiger partial charge in [-0.15, -0.1) is 0 Å². The van der Waals surface area contributed by atoms with Crippen LogP contribution in [0.1, 0.15) is 39.3 Å². The van der Waals surface area contributed by atoms with Gasteiger partial charge in [0.2, 0.25) is 5.91 Å². The van der Waals surface area contributed by atoms with E-state index in [0.29, 0.717) is 18.7 Å². The molecular weight excluding hydrogens is 334 g/mol. The number of likely N-dealkylation sites (tertiary alicyclic amines) is 1. The molecule has 0 bridgehead atoms. The number of aryl methyl sites for hydroxylation is 2. The van der Waals surface area contributed by atoms with Crippen LogP contribution in [-0.4, -0.2) is 49.9 Å². The van der Waals surface area contributed by atoms with Gasteiger partial charge in [-0.3, -0.25) is 14.4 Å². The fourth-order valence-electron chi connectivity index (χ4n) is 3.18. The monoisotopic (exact) mass is 359 g/mol. The Morgan fingerprint density at radius 1 is 1.35 bits per heavy atom. The van der Waals surface area contributed by atoms with Gasteiger partial charge < -0.3 is 10.1 Å². The van der Waals surface area contributed by atoms with Crippen LogP contribution in [0.5, 0.6) is 0 Å². The number of fused-ring (bicyclic) bond motifs is 1. The van der Waals surface area contributed by atoms with Gasteiger partial charge in [0.25, 0.3) is 0 Å². The molecule has 1 saturated heterocycles. The van der Waals surface area contributed by atoms with Crippen molar-refractivity contribution in [3.8, 4) is 0 Å². The van der Waals surface area contributed by atoms with Crippen molar-refractivity contribution >= 4 is 28.7 Å². The van der Waals surface area contributed by atoms with E-state index in [-0.39, 0.29) is 5.91 Å². The molecule has 1 aliphatic rings. The fourth-order valence-corrected chi connectivity index (χ4v) is 3.18. The SMILES string of the molecule is Cc1nn(C)c2ncc(NC(=O)C3CCCN3C(=O)OC(C)(C)C)cc12. The number of pyridine rings is 1. The van der Waals surface area contributed by atoms with Gasteiger partial charge in [-0.1, -0.05) is 0 Å². The van der Waals surface area contributed by atoms with E-state index >= 15 is 0 Å². The summed E-state index contributed by atoms with van der Waals surface area (Å²) in [5.74, 6) is -0.226. The summed E-state index contributed by atoms with van der Waals surface area (Å²) in [5, 5.41) is 8.09. The van der Waals surface area contributed by atoms with Crippen molar-refractivity contribution in [2.45, 2.75) is 52.2 Å². The van der Waals surface area contributed by atoms with Crippen molar-refractivity contribution in [1.82, 2.24) is 19.7 Å². The Bertz CT molecular complexity index is 852. The van der Waals surface area contributed by atoms with Crippen molar-refractivity contribution in [2.24, 2.45) is 7.05 Å². The third-order valence-corrected chi connectivity index (χ3v) is 4.31. The Labute approximate surface area is 152 Å². The summed E-state index contributed by atoms with van der Waals surface area (Å²) in [4.78, 5) is 30.9. The number of rotatable bonds is 2. The average molecular weight is 359 g/mol. The smallest absolute Gasteiger partial charge is 0.410 e. The molecule has 1 N–H and O–H groups in total. The Morgan fingerprint density at radius 3 is 2.77 bits per heavy atom. The van der Waals surface area contributed by atoms with Crippen LogP contribution in [0.2, 0.25) is 0 Å². The van der Waals surface area contributed by atoms with Crippen LogP contribution in [0.15, 0.2) is 12.3 Å². The van der Waals surface area contributed by atoms with Gasteiger partial charge >= 0.3 is 6.09 Å². The van der Waals surface area contributed by atoms with Crippen LogP contribution < -0.4 is 5.32 Å². The first-order chi connectivity index (χ1) is 12.2. The van der Waals surface area contributed by atoms with Crippen molar-refractivity contribution in [2.75, 3.05) is 11.9 Å². The molecule has 3 rings (SSSR count). The Hall–Kier alpha value is -2.64. The van der Waals surface area contributed by atoms with E-state index in [1.165, 1.54) is 4.90 Å². The minimum atomic E-state index is -0.590. The zero-order chi connectivity index (χ0) is 19.1. The van der Waals surface area contributed by atoms with Gasteiger partial charge in [0.1, 0.15) is 11.6 Å². The van der Waals surface area contributed by atoms with E-state index in [1.807, 2.05) is 40.8 Å². The zero-order valence-corrected chi connectivity index (χ0v) is 15.9. The highest BCUT2D eigenvalue weighted by Gasteiger charge is 2.36. The molecule has 140 valence electrons. The molecule has 1 atom stereocenters. The normalized spacial score (nSPS) is 17.6. The first-order valence-electron chi connectivity index (χ1n) is 8.75. The highest BCUT2D eigenvalue weighted by molar-refractivity contribution is 5.98. The standard InChI is InChI=1S/C18H25N5O3/c1-11-13-9-12(10-19-15(13)22(5)21-11)20-16(24)14-7-6-8-23(14)17(25)26-18(2,3)4/h9-10,14H,6-8H2,1-5H3,(H,20,24). The van der Waals surface area contributed by atoms with Gasteiger partial charge in [0.15, 0.2) is 5.65 Å². The number of nitrogens with zero attached hydrogens (tertiary/aromatic N) is 4. The molecule has 1 fully saturated rings. The Kier molecular flexibility index (Phi) is 4.60. The van der Waals surface area contributed by atoms with Gasteiger partial charge in [-0.25, -0.2) is 9.78 Å². The first kappa shape index (κ1) is 18.2. The molecule has 2 amide bonds. The maximum Gasteiger partial charge on any atom is 0.410 e. The highest BCUT2D eigenvalue weighted by Crippen LogP contribution is 2.24. The Morgan fingerprint density at radius 2 is 2.08 bits per heavy atom. The van der Waals surface area contributed by atoms with Gasteiger partial charge in [-0.05, 0) is 46.6 Å². The molecular formula is C18H25N5O3. The summed E-state index contributed by atoms with van der Waals surface area (Å²) >= 11 is 0. The molecule has 0 aromatic carbocycles. The van der Waals surface area contributed by atoms with Crippen molar-refractivity contribution in [3.05, 3.63) is 18.0 Å². The molecule has 1 unspecified atom stereocenters. The summed E-state index contributed by atoms with van der Waals surface area (Å²) in [6.45, 7) is 7.86. The van der Waals surface area contributed by atoms with E-state index in [9.17, 15) is 9.59 Å². The van der Waals surface area contributed by atoms with Crippen LogP contribution in [0.4, 0.5) is 10.5 Å². The number of ether oxygens (including phenoxy) is 1. The maximum absolute atomic E-state index is 12.7. The summed E-state index contributed by atoms with van der Waals surface area (Å²) in [6.07, 6.45) is 2.55. The maximum atomic E-state index is 12.7. The number of hydrogen-bond donors (Lipinski definition) is 1. The van der Waals surface area contributed by atoms with Crippen LogP contribution in [0.3, 0.4) is 0 Å². The predicted octanol–water partition coefficient (Wildman–Crippen LogP) is 2.61. The molecule has 0 radical (unpaired) electrons. The number of hydrogen-bond acceptors (Lipinski definition) is 5. The predicted molar refractivity (Wildman–Crippen MR) is 97.8 cm³/mol. The van der Waals surface area contributed by atoms with E-state index < -0.39 is 17.7 Å². The van der Waals surface area contributed by atoms with Gasteiger partial charge in [-0.2, -0.15) is 5.10 Å². The van der Waals surface area contributed by atoms with E-state index in [0.717, 1.165) is 23.1 Å². The fraction of sp³-hybridized carbons (Fsp3) is 0.556. The molecule has 0 aliphatic carbocycles. The number of carbonyl (C=O) groups is 2. The van der Waals surface area contributed by atoms with Crippen molar-refractivity contribution in [3.63, 3.8) is 0 Å². The second-order valence-electron chi connectivity index (χ2n) is 7.63. The second-order valence-corrected chi connectivity index (χ2v) is 7.63. The molecule has 0 spiro atoms. The molecule has 2 aromatic heterocycles. The second kappa shape index (κ2) is 6.59. The van der Waals surface area contributed by atoms with Gasteiger partial charge in [0.05, 0.1) is 17.6 Å². The minimum Gasteiger partial charge on any atom is -0.444 e. The number of amides is 2. The number of aromatic nitrogens is 3. The minimum absolute atomic E-state index is 0.226. The molecule has 3 heterocycles. The summed E-state index contributed by atoms with van der Waals surface area (Å²) in [7, 11) is 1.83. The molecule has 2 aromatic rings. The summed E-state index contributed by atoms with van der Waals surface area (Å²) in [6, 6.07) is 1.32. The number of nitrogens with one attached hydrogen (secondary N) is 1. The van der Waals surface area contributed by atoms with Crippen molar-refractivity contribution < 1.29 is 14.3 Å². The third kappa shape index (κ3) is 3.63. The number of carbonyl (C=O) groups excluding carboxylic acids is 2. The van der Waals surface area contributed by atoms with E-state index in [2.05, 4.69) is 15.4 Å². The van der Waals surface area contributed by atoms with E-state index in [4.69, 9.17) is 4.74 Å². The zero-order valence-electron chi connectivity index (χ0n) is 15.9. The van der Waals surface area contributed by atoms with E-state index in [1.54, 1.807) is 10.9 Å².